The summed E-state index contributed by atoms with van der Waals surface area (Å²) in [5.41, 5.74) is -0.678. The number of hydrogen-bond donors (Lipinski definition) is 2. The van der Waals surface area contributed by atoms with Gasteiger partial charge in [-0.1, -0.05) is 12.2 Å². The summed E-state index contributed by atoms with van der Waals surface area (Å²) < 4.78 is 0. The Kier molecular flexibility index (Phi) is 3.05. The van der Waals surface area contributed by atoms with Crippen LogP contribution in [0.25, 0.3) is 0 Å². The number of nitro benzene ring substituents is 1. The van der Waals surface area contributed by atoms with Crippen LogP contribution in [0.4, 0.5) is 5.69 Å². The molecule has 0 aromatic heterocycles. The second-order valence-electron chi connectivity index (χ2n) is 7.54. The van der Waals surface area contributed by atoms with Crippen molar-refractivity contribution in [2.45, 2.75) is 6.42 Å². The van der Waals surface area contributed by atoms with E-state index in [1.165, 1.54) is 0 Å². The molecule has 2 bridgehead atoms. The van der Waals surface area contributed by atoms with Gasteiger partial charge in [-0.3, -0.25) is 19.7 Å². The molecule has 0 spiro atoms. The fraction of sp³-hybridized carbons (Fsp3) is 0.389. The third-order valence-electron chi connectivity index (χ3n) is 6.27. The molecule has 5 aliphatic rings. The van der Waals surface area contributed by atoms with Crippen molar-refractivity contribution in [1.29, 1.82) is 0 Å². The van der Waals surface area contributed by atoms with Crippen molar-refractivity contribution in [3.05, 3.63) is 40.0 Å². The van der Waals surface area contributed by atoms with Gasteiger partial charge in [0.2, 0.25) is 0 Å². The van der Waals surface area contributed by atoms with Crippen molar-refractivity contribution >= 4 is 23.7 Å². The van der Waals surface area contributed by atoms with Crippen LogP contribution in [0, 0.1) is 45.6 Å². The zero-order chi connectivity index (χ0) is 19.0. The summed E-state index contributed by atoms with van der Waals surface area (Å²) in [6, 6.07) is 1.76. The predicted molar refractivity (Wildman–Crippen MR) is 90.6 cm³/mol. The van der Waals surface area contributed by atoms with Crippen molar-refractivity contribution in [2.75, 3.05) is 0 Å². The van der Waals surface area contributed by atoms with E-state index in [0.717, 1.165) is 29.8 Å². The van der Waals surface area contributed by atoms with E-state index in [2.05, 4.69) is 5.10 Å². The Bertz CT molecular complexity index is 934. The maximum atomic E-state index is 12.8. The highest BCUT2D eigenvalue weighted by molar-refractivity contribution is 6.06. The van der Waals surface area contributed by atoms with Crippen LogP contribution in [0.15, 0.2) is 29.4 Å². The summed E-state index contributed by atoms with van der Waals surface area (Å²) in [6.07, 6.45) is 6.19. The Hall–Kier alpha value is -3.23. The van der Waals surface area contributed by atoms with Crippen LogP contribution < -0.4 is 0 Å². The Morgan fingerprint density at radius 3 is 2.22 bits per heavy atom. The van der Waals surface area contributed by atoms with Crippen LogP contribution in [0.3, 0.4) is 0 Å². The highest BCUT2D eigenvalue weighted by Gasteiger charge is 2.67. The van der Waals surface area contributed by atoms with Crippen molar-refractivity contribution in [1.82, 2.24) is 5.01 Å². The predicted octanol–water partition coefficient (Wildman–Crippen LogP) is 1.39. The molecule has 2 saturated carbocycles. The molecule has 3 fully saturated rings. The van der Waals surface area contributed by atoms with E-state index in [1.807, 2.05) is 12.2 Å². The van der Waals surface area contributed by atoms with Gasteiger partial charge in [0, 0.05) is 17.7 Å². The molecule has 0 unspecified atom stereocenters. The normalized spacial score (nSPS) is 35.6. The topological polar surface area (TPSA) is 133 Å². The molecule has 4 aliphatic carbocycles. The lowest BCUT2D eigenvalue weighted by Crippen LogP contribution is -2.40. The first-order valence-electron chi connectivity index (χ1n) is 8.69. The number of nitrogens with zero attached hydrogens (tertiary/aromatic N) is 3. The SMILES string of the molecule is O=C1[C@@H]2[C@H]3C=C[C@@H]([C@@H]4C[C@H]34)[C@@H]2C(=O)N1N=Cc1cc([N+](=O)[O-])c(O)cc1O. The lowest BCUT2D eigenvalue weighted by atomic mass is 9.63. The third kappa shape index (κ3) is 2.08. The Balaban J connectivity index is 1.46. The molecule has 27 heavy (non-hydrogen) atoms. The number of phenolic OH excluding ortho intramolecular Hbond substituents is 2. The number of hydrogen-bond acceptors (Lipinski definition) is 7. The number of aromatic hydroxyl groups is 2. The van der Waals surface area contributed by atoms with E-state index < -0.39 is 33.9 Å². The summed E-state index contributed by atoms with van der Waals surface area (Å²) in [5.74, 6) is -1.53. The number of hydrazone groups is 1. The number of carbonyl (C=O) groups is 2. The summed E-state index contributed by atoms with van der Waals surface area (Å²) in [4.78, 5) is 35.7. The van der Waals surface area contributed by atoms with Crippen LogP contribution in [-0.4, -0.2) is 38.2 Å². The number of amides is 2. The second-order valence-corrected chi connectivity index (χ2v) is 7.54. The van der Waals surface area contributed by atoms with Gasteiger partial charge in [0.1, 0.15) is 5.75 Å². The standard InChI is InChI=1S/C18H15N3O6/c22-13-5-14(23)12(21(26)27)3-7(13)6-19-20-17(24)15-8-1-2-9(11-4-10(8)11)16(15)18(20)25/h1-3,5-6,8-11,15-16,22-23H,4H2/t8-,9-,10-,11+,15-,16+/m0/s1. The fourth-order valence-electron chi connectivity index (χ4n) is 5.01. The van der Waals surface area contributed by atoms with Crippen LogP contribution >= 0.6 is 0 Å². The van der Waals surface area contributed by atoms with Crippen molar-refractivity contribution in [3.8, 4) is 11.5 Å². The van der Waals surface area contributed by atoms with Crippen LogP contribution in [0.1, 0.15) is 12.0 Å². The molecule has 138 valence electrons. The number of rotatable bonds is 3. The summed E-state index contributed by atoms with van der Waals surface area (Å²) in [5, 5.41) is 35.1. The van der Waals surface area contributed by atoms with Gasteiger partial charge in [-0.2, -0.15) is 10.1 Å². The molecular formula is C18H15N3O6. The number of nitro groups is 1. The summed E-state index contributed by atoms with van der Waals surface area (Å²) in [6.45, 7) is 0. The first-order valence-corrected chi connectivity index (χ1v) is 8.69. The maximum Gasteiger partial charge on any atom is 0.311 e. The average molecular weight is 369 g/mol. The van der Waals surface area contributed by atoms with Crippen molar-refractivity contribution in [2.24, 2.45) is 40.6 Å². The first kappa shape index (κ1) is 16.0. The molecule has 1 aromatic rings. The van der Waals surface area contributed by atoms with E-state index in [-0.39, 0.29) is 29.2 Å². The molecule has 1 saturated heterocycles. The van der Waals surface area contributed by atoms with Crippen LogP contribution in [0.2, 0.25) is 0 Å². The maximum absolute atomic E-state index is 12.8. The van der Waals surface area contributed by atoms with Crippen LogP contribution in [0.5, 0.6) is 11.5 Å². The smallest absolute Gasteiger partial charge is 0.311 e. The zero-order valence-corrected chi connectivity index (χ0v) is 13.9. The van der Waals surface area contributed by atoms with Gasteiger partial charge in [-0.05, 0) is 30.1 Å². The molecule has 0 radical (unpaired) electrons. The number of allylic oxidation sites excluding steroid dienone is 2. The van der Waals surface area contributed by atoms with Gasteiger partial charge in [0.15, 0.2) is 5.75 Å². The molecule has 6 rings (SSSR count). The van der Waals surface area contributed by atoms with Crippen molar-refractivity contribution < 1.29 is 24.7 Å². The van der Waals surface area contributed by atoms with Gasteiger partial charge in [-0.25, -0.2) is 0 Å². The molecular weight excluding hydrogens is 354 g/mol. The Morgan fingerprint density at radius 1 is 1.07 bits per heavy atom. The first-order chi connectivity index (χ1) is 12.9. The molecule has 1 aliphatic heterocycles. The Morgan fingerprint density at radius 2 is 1.67 bits per heavy atom. The minimum absolute atomic E-state index is 0.0704. The lowest BCUT2D eigenvalue weighted by molar-refractivity contribution is -0.385. The largest absolute Gasteiger partial charge is 0.507 e. The molecule has 1 aromatic carbocycles. The fourth-order valence-corrected chi connectivity index (χ4v) is 5.01. The summed E-state index contributed by atoms with van der Waals surface area (Å²) >= 11 is 0. The van der Waals surface area contributed by atoms with Gasteiger partial charge >= 0.3 is 5.69 Å². The second kappa shape index (κ2) is 5.15. The minimum atomic E-state index is -0.803. The quantitative estimate of drug-likeness (QED) is 0.272. The minimum Gasteiger partial charge on any atom is -0.507 e. The number of carbonyl (C=O) groups excluding carboxylic acids is 2. The number of imide groups is 1. The molecule has 1 heterocycles. The molecule has 6 atom stereocenters. The van der Waals surface area contributed by atoms with Crippen LogP contribution in [-0.2, 0) is 9.59 Å². The summed E-state index contributed by atoms with van der Waals surface area (Å²) in [7, 11) is 0. The third-order valence-corrected chi connectivity index (χ3v) is 6.27. The van der Waals surface area contributed by atoms with Gasteiger partial charge < -0.3 is 10.2 Å². The van der Waals surface area contributed by atoms with E-state index in [1.54, 1.807) is 0 Å². The number of benzene rings is 1. The van der Waals surface area contributed by atoms with Gasteiger partial charge in [0.25, 0.3) is 11.8 Å². The average Bonchev–Trinajstić information content (AvgIpc) is 3.40. The zero-order valence-electron chi connectivity index (χ0n) is 13.9. The van der Waals surface area contributed by atoms with E-state index in [4.69, 9.17) is 0 Å². The van der Waals surface area contributed by atoms with E-state index in [9.17, 15) is 29.9 Å². The molecule has 2 N–H and O–H groups in total. The van der Waals surface area contributed by atoms with Gasteiger partial charge in [0.05, 0.1) is 23.0 Å². The number of phenols is 2. The molecule has 2 amide bonds. The lowest BCUT2D eigenvalue weighted by Gasteiger charge is -2.37. The highest BCUT2D eigenvalue weighted by Crippen LogP contribution is 2.65. The van der Waals surface area contributed by atoms with E-state index >= 15 is 0 Å². The van der Waals surface area contributed by atoms with Crippen molar-refractivity contribution in [3.63, 3.8) is 0 Å². The Labute approximate surface area is 152 Å². The molecule has 9 heteroatoms. The molecule has 9 nitrogen and oxygen atoms in total. The monoisotopic (exact) mass is 369 g/mol. The van der Waals surface area contributed by atoms with E-state index in [0.29, 0.717) is 11.8 Å². The van der Waals surface area contributed by atoms with Gasteiger partial charge in [-0.15, -0.1) is 0 Å². The highest BCUT2D eigenvalue weighted by atomic mass is 16.6.